The van der Waals surface area contributed by atoms with Gasteiger partial charge in [-0.25, -0.2) is 9.50 Å². The number of aryl methyl sites for hydroxylation is 1. The molecule has 0 bridgehead atoms. The minimum atomic E-state index is 0.254. The summed E-state index contributed by atoms with van der Waals surface area (Å²) in [7, 11) is 1.73. The van der Waals surface area contributed by atoms with Gasteiger partial charge in [0.15, 0.2) is 5.65 Å². The third kappa shape index (κ3) is 3.40. The average molecular weight is 412 g/mol. The third-order valence-corrected chi connectivity index (χ3v) is 6.70. The largest absolute Gasteiger partial charge is 0.496 e. The number of rotatable bonds is 3. The molecule has 0 amide bonds. The Morgan fingerprint density at radius 3 is 2.45 bits per heavy atom. The highest BCUT2D eigenvalue weighted by atomic mass is 16.5. The van der Waals surface area contributed by atoms with Crippen LogP contribution in [0, 0.1) is 11.3 Å². The lowest BCUT2D eigenvalue weighted by Crippen LogP contribution is -2.29. The molecule has 0 unspecified atom stereocenters. The Morgan fingerprint density at radius 2 is 1.71 bits per heavy atom. The molecule has 158 valence electrons. The molecule has 4 nitrogen and oxygen atoms in total. The Labute approximate surface area is 183 Å². The van der Waals surface area contributed by atoms with Crippen LogP contribution in [0.4, 0.5) is 0 Å². The van der Waals surface area contributed by atoms with Gasteiger partial charge in [0.1, 0.15) is 5.75 Å². The first-order valence-corrected chi connectivity index (χ1v) is 11.1. The first-order chi connectivity index (χ1) is 15.0. The van der Waals surface area contributed by atoms with Crippen LogP contribution in [0.5, 0.6) is 5.75 Å². The summed E-state index contributed by atoms with van der Waals surface area (Å²) in [5.41, 5.74) is 8.06. The SMILES string of the molecule is COc1ccccc1-c1nc2c(-c3ccccc3)cnn2c2c1C[C@H](C(C)(C)C)CC2. The molecule has 0 spiro atoms. The van der Waals surface area contributed by atoms with Crippen molar-refractivity contribution in [3.05, 3.63) is 72.1 Å². The summed E-state index contributed by atoms with van der Waals surface area (Å²) in [5.74, 6) is 1.47. The van der Waals surface area contributed by atoms with Gasteiger partial charge in [-0.15, -0.1) is 0 Å². The van der Waals surface area contributed by atoms with E-state index in [4.69, 9.17) is 14.8 Å². The van der Waals surface area contributed by atoms with E-state index in [9.17, 15) is 0 Å². The molecule has 31 heavy (non-hydrogen) atoms. The van der Waals surface area contributed by atoms with Crippen molar-refractivity contribution < 1.29 is 4.74 Å². The maximum Gasteiger partial charge on any atom is 0.163 e. The molecule has 4 aromatic rings. The standard InChI is InChI=1S/C27H29N3O/c1-27(2,3)19-14-15-23-21(16-19)25(20-12-8-9-13-24(20)31-4)29-26-22(17-28-30(23)26)18-10-6-5-7-11-18/h5-13,17,19H,14-16H2,1-4H3/t19-/m1/s1. The van der Waals surface area contributed by atoms with Crippen molar-refractivity contribution in [2.75, 3.05) is 7.11 Å². The van der Waals surface area contributed by atoms with Gasteiger partial charge in [-0.05, 0) is 48.3 Å². The molecule has 2 aromatic carbocycles. The zero-order valence-corrected chi connectivity index (χ0v) is 18.7. The molecule has 2 aromatic heterocycles. The van der Waals surface area contributed by atoms with E-state index in [1.807, 2.05) is 24.4 Å². The number of hydrogen-bond acceptors (Lipinski definition) is 3. The van der Waals surface area contributed by atoms with Crippen molar-refractivity contribution in [3.63, 3.8) is 0 Å². The van der Waals surface area contributed by atoms with E-state index in [0.29, 0.717) is 5.92 Å². The van der Waals surface area contributed by atoms with E-state index >= 15 is 0 Å². The summed E-state index contributed by atoms with van der Waals surface area (Å²) >= 11 is 0. The topological polar surface area (TPSA) is 39.4 Å². The van der Waals surface area contributed by atoms with Crippen LogP contribution in [0.1, 0.15) is 38.4 Å². The van der Waals surface area contributed by atoms with Crippen LogP contribution in [0.2, 0.25) is 0 Å². The Balaban J connectivity index is 1.79. The van der Waals surface area contributed by atoms with Crippen molar-refractivity contribution in [2.45, 2.75) is 40.0 Å². The highest BCUT2D eigenvalue weighted by molar-refractivity contribution is 5.81. The van der Waals surface area contributed by atoms with Gasteiger partial charge in [-0.2, -0.15) is 5.10 Å². The molecule has 5 rings (SSSR count). The van der Waals surface area contributed by atoms with Crippen LogP contribution in [-0.2, 0) is 12.8 Å². The van der Waals surface area contributed by atoms with Gasteiger partial charge in [0.05, 0.1) is 19.0 Å². The van der Waals surface area contributed by atoms with E-state index in [1.165, 1.54) is 17.7 Å². The molecular weight excluding hydrogens is 382 g/mol. The van der Waals surface area contributed by atoms with Crippen molar-refractivity contribution in [1.82, 2.24) is 14.6 Å². The lowest BCUT2D eigenvalue weighted by molar-refractivity contribution is 0.214. The minimum Gasteiger partial charge on any atom is -0.496 e. The van der Waals surface area contributed by atoms with Crippen LogP contribution in [0.25, 0.3) is 28.0 Å². The summed E-state index contributed by atoms with van der Waals surface area (Å²) in [6.07, 6.45) is 5.14. The summed E-state index contributed by atoms with van der Waals surface area (Å²) in [5, 5.41) is 4.80. The van der Waals surface area contributed by atoms with Crippen LogP contribution in [-0.4, -0.2) is 21.7 Å². The molecule has 0 saturated heterocycles. The predicted molar refractivity (Wildman–Crippen MR) is 125 cm³/mol. The number of methoxy groups -OCH3 is 1. The second-order valence-electron chi connectivity index (χ2n) is 9.55. The highest BCUT2D eigenvalue weighted by Crippen LogP contribution is 2.42. The fraction of sp³-hybridized carbons (Fsp3) is 0.333. The van der Waals surface area contributed by atoms with E-state index in [0.717, 1.165) is 46.6 Å². The molecule has 0 N–H and O–H groups in total. The number of nitrogens with zero attached hydrogens (tertiary/aromatic N) is 3. The number of aromatic nitrogens is 3. The van der Waals surface area contributed by atoms with E-state index in [-0.39, 0.29) is 5.41 Å². The van der Waals surface area contributed by atoms with Crippen molar-refractivity contribution in [2.24, 2.45) is 11.3 Å². The first-order valence-electron chi connectivity index (χ1n) is 11.1. The summed E-state index contributed by atoms with van der Waals surface area (Å²) < 4.78 is 7.81. The summed E-state index contributed by atoms with van der Waals surface area (Å²) in [6.45, 7) is 7.04. The van der Waals surface area contributed by atoms with Crippen LogP contribution in [0.3, 0.4) is 0 Å². The number of benzene rings is 2. The van der Waals surface area contributed by atoms with E-state index in [1.54, 1.807) is 7.11 Å². The van der Waals surface area contributed by atoms with Gasteiger partial charge in [0.25, 0.3) is 0 Å². The fourth-order valence-electron chi connectivity index (χ4n) is 4.84. The Morgan fingerprint density at radius 1 is 0.968 bits per heavy atom. The number of para-hydroxylation sites is 1. The van der Waals surface area contributed by atoms with Crippen molar-refractivity contribution in [1.29, 1.82) is 0 Å². The van der Waals surface area contributed by atoms with Crippen molar-refractivity contribution in [3.8, 4) is 28.1 Å². The molecule has 1 aliphatic rings. The highest BCUT2D eigenvalue weighted by Gasteiger charge is 2.33. The van der Waals surface area contributed by atoms with Crippen LogP contribution >= 0.6 is 0 Å². The lowest BCUT2D eigenvalue weighted by Gasteiger charge is -2.35. The molecule has 2 heterocycles. The Kier molecular flexibility index (Phi) is 4.81. The first kappa shape index (κ1) is 19.8. The Hall–Kier alpha value is -3.14. The van der Waals surface area contributed by atoms with Gasteiger partial charge >= 0.3 is 0 Å². The molecule has 0 saturated carbocycles. The third-order valence-electron chi connectivity index (χ3n) is 6.70. The summed E-state index contributed by atoms with van der Waals surface area (Å²) in [6, 6.07) is 18.6. The molecule has 1 aliphatic carbocycles. The second-order valence-corrected chi connectivity index (χ2v) is 9.55. The quantitative estimate of drug-likeness (QED) is 0.401. The minimum absolute atomic E-state index is 0.254. The van der Waals surface area contributed by atoms with Gasteiger partial charge in [-0.3, -0.25) is 0 Å². The van der Waals surface area contributed by atoms with Crippen molar-refractivity contribution >= 4 is 5.65 Å². The predicted octanol–water partition coefficient (Wildman–Crippen LogP) is 6.22. The Bertz CT molecular complexity index is 1230. The molecule has 1 atom stereocenters. The van der Waals surface area contributed by atoms with Crippen LogP contribution < -0.4 is 4.74 Å². The molecule has 0 fully saturated rings. The number of ether oxygens (including phenoxy) is 1. The fourth-order valence-corrected chi connectivity index (χ4v) is 4.84. The van der Waals surface area contributed by atoms with Gasteiger partial charge < -0.3 is 4.74 Å². The number of hydrogen-bond donors (Lipinski definition) is 0. The zero-order chi connectivity index (χ0) is 21.6. The van der Waals surface area contributed by atoms with Crippen LogP contribution in [0.15, 0.2) is 60.8 Å². The summed E-state index contributed by atoms with van der Waals surface area (Å²) in [4.78, 5) is 5.24. The normalized spacial score (nSPS) is 16.3. The molecular formula is C27H29N3O. The molecule has 0 aliphatic heterocycles. The molecule has 0 radical (unpaired) electrons. The number of fused-ring (bicyclic) bond motifs is 3. The second kappa shape index (κ2) is 7.52. The maximum absolute atomic E-state index is 5.73. The average Bonchev–Trinajstić information content (AvgIpc) is 3.22. The van der Waals surface area contributed by atoms with E-state index in [2.05, 4.69) is 61.7 Å². The monoisotopic (exact) mass is 411 g/mol. The van der Waals surface area contributed by atoms with E-state index < -0.39 is 0 Å². The zero-order valence-electron chi connectivity index (χ0n) is 18.7. The molecule has 4 heteroatoms. The smallest absolute Gasteiger partial charge is 0.163 e. The van der Waals surface area contributed by atoms with Gasteiger partial charge in [0, 0.05) is 22.4 Å². The lowest BCUT2D eigenvalue weighted by atomic mass is 9.71. The maximum atomic E-state index is 5.73. The van der Waals surface area contributed by atoms with Gasteiger partial charge in [-0.1, -0.05) is 63.2 Å². The van der Waals surface area contributed by atoms with Gasteiger partial charge in [0.2, 0.25) is 0 Å².